The topological polar surface area (TPSA) is 54.2 Å². The largest absolute Gasteiger partial charge is 0.406 e. The molecule has 0 spiro atoms. The molecule has 0 radical (unpaired) electrons. The highest BCUT2D eigenvalue weighted by Crippen LogP contribution is 2.27. The van der Waals surface area contributed by atoms with E-state index in [9.17, 15) is 4.39 Å². The molecule has 0 saturated carbocycles. The first-order valence-electron chi connectivity index (χ1n) is 6.76. The molecule has 0 fully saturated rings. The van der Waals surface area contributed by atoms with E-state index < -0.39 is 0 Å². The van der Waals surface area contributed by atoms with Crippen LogP contribution < -0.4 is 10.2 Å². The van der Waals surface area contributed by atoms with Gasteiger partial charge in [0.1, 0.15) is 5.82 Å². The van der Waals surface area contributed by atoms with Crippen molar-refractivity contribution in [1.82, 2.24) is 15.5 Å². The summed E-state index contributed by atoms with van der Waals surface area (Å²) in [6.45, 7) is 7.21. The van der Waals surface area contributed by atoms with Crippen molar-refractivity contribution in [2.75, 3.05) is 18.0 Å². The number of halogens is 1. The summed E-state index contributed by atoms with van der Waals surface area (Å²) < 4.78 is 19.5. The van der Waals surface area contributed by atoms with Gasteiger partial charge in [-0.25, -0.2) is 4.39 Å². The minimum Gasteiger partial charge on any atom is -0.406 e. The van der Waals surface area contributed by atoms with E-state index in [1.165, 1.54) is 6.07 Å². The second-order valence-electron chi connectivity index (χ2n) is 4.40. The van der Waals surface area contributed by atoms with Gasteiger partial charge in [0, 0.05) is 6.54 Å². The van der Waals surface area contributed by atoms with Crippen LogP contribution in [0.1, 0.15) is 32.7 Å². The van der Waals surface area contributed by atoms with Crippen molar-refractivity contribution >= 4 is 11.7 Å². The van der Waals surface area contributed by atoms with Crippen LogP contribution >= 0.6 is 0 Å². The number of nitrogens with one attached hydrogen (secondary N) is 1. The van der Waals surface area contributed by atoms with Crippen LogP contribution in [0.25, 0.3) is 0 Å². The van der Waals surface area contributed by atoms with Crippen molar-refractivity contribution in [1.29, 1.82) is 0 Å². The van der Waals surface area contributed by atoms with Crippen LogP contribution in [0.5, 0.6) is 0 Å². The number of hydrogen-bond acceptors (Lipinski definition) is 5. The Morgan fingerprint density at radius 1 is 1.30 bits per heavy atom. The molecule has 0 aliphatic heterocycles. The summed E-state index contributed by atoms with van der Waals surface area (Å²) in [5, 5.41) is 11.2. The van der Waals surface area contributed by atoms with Crippen LogP contribution in [-0.2, 0) is 0 Å². The summed E-state index contributed by atoms with van der Waals surface area (Å²) in [7, 11) is 0. The molecule has 0 saturated heterocycles. The lowest BCUT2D eigenvalue weighted by Gasteiger charge is -2.18. The lowest BCUT2D eigenvalue weighted by Crippen LogP contribution is -2.18. The minimum absolute atomic E-state index is 0.0272. The molecule has 2 aromatic rings. The molecular weight excluding hydrogens is 259 g/mol. The van der Waals surface area contributed by atoms with Crippen LogP contribution in [0, 0.1) is 5.82 Å². The van der Waals surface area contributed by atoms with Gasteiger partial charge < -0.3 is 9.73 Å². The number of benzene rings is 1. The molecule has 108 valence electrons. The van der Waals surface area contributed by atoms with Crippen molar-refractivity contribution in [3.8, 4) is 0 Å². The molecule has 5 nitrogen and oxygen atoms in total. The van der Waals surface area contributed by atoms with E-state index >= 15 is 0 Å². The predicted molar refractivity (Wildman–Crippen MR) is 75.5 cm³/mol. The van der Waals surface area contributed by atoms with Crippen LogP contribution in [0.15, 0.2) is 28.7 Å². The fraction of sp³-hybridized carbons (Fsp3) is 0.429. The van der Waals surface area contributed by atoms with Gasteiger partial charge in [-0.05, 0) is 32.5 Å². The van der Waals surface area contributed by atoms with E-state index in [0.717, 1.165) is 6.54 Å². The summed E-state index contributed by atoms with van der Waals surface area (Å²) >= 11 is 0. The molecule has 0 aliphatic rings. The van der Waals surface area contributed by atoms with Crippen molar-refractivity contribution < 1.29 is 8.81 Å². The molecular formula is C14H19FN4O. The van der Waals surface area contributed by atoms with Crippen LogP contribution in [0.3, 0.4) is 0 Å². The number of anilines is 2. The predicted octanol–water partition coefficient (Wildman–Crippen LogP) is 3.04. The Balaban J connectivity index is 2.27. The van der Waals surface area contributed by atoms with Gasteiger partial charge in [0.25, 0.3) is 0 Å². The third-order valence-corrected chi connectivity index (χ3v) is 3.00. The van der Waals surface area contributed by atoms with E-state index in [1.807, 2.05) is 20.8 Å². The Hall–Kier alpha value is -1.95. The van der Waals surface area contributed by atoms with Crippen molar-refractivity contribution in [2.45, 2.75) is 26.8 Å². The molecule has 1 atom stereocenters. The van der Waals surface area contributed by atoms with Gasteiger partial charge >= 0.3 is 6.01 Å². The maximum absolute atomic E-state index is 13.9. The molecule has 2 rings (SSSR count). The van der Waals surface area contributed by atoms with Crippen molar-refractivity contribution in [2.24, 2.45) is 0 Å². The van der Waals surface area contributed by atoms with Gasteiger partial charge in [-0.15, -0.1) is 5.10 Å². The number of rotatable bonds is 6. The van der Waals surface area contributed by atoms with Crippen molar-refractivity contribution in [3.05, 3.63) is 36.0 Å². The first-order valence-corrected chi connectivity index (χ1v) is 6.76. The average molecular weight is 278 g/mol. The van der Waals surface area contributed by atoms with Gasteiger partial charge in [0.05, 0.1) is 11.7 Å². The molecule has 1 N–H and O–H groups in total. The first-order chi connectivity index (χ1) is 9.67. The molecule has 1 unspecified atom stereocenters. The zero-order valence-corrected chi connectivity index (χ0v) is 11.9. The standard InChI is InChI=1S/C14H19FN4O/c1-4-16-10(3)13-17-18-14(20-13)19(5-2)12-9-7-6-8-11(12)15/h6-10,16H,4-5H2,1-3H3. The van der Waals surface area contributed by atoms with Gasteiger partial charge in [-0.3, -0.25) is 4.90 Å². The molecule has 0 amide bonds. The van der Waals surface area contributed by atoms with Gasteiger partial charge in [-0.2, -0.15) is 0 Å². The summed E-state index contributed by atoms with van der Waals surface area (Å²) in [6.07, 6.45) is 0. The highest BCUT2D eigenvalue weighted by Gasteiger charge is 2.19. The Morgan fingerprint density at radius 3 is 2.70 bits per heavy atom. The minimum atomic E-state index is -0.311. The smallest absolute Gasteiger partial charge is 0.322 e. The zero-order chi connectivity index (χ0) is 14.5. The normalized spacial score (nSPS) is 12.4. The summed E-state index contributed by atoms with van der Waals surface area (Å²) in [6, 6.07) is 6.81. The Bertz CT molecular complexity index is 558. The lowest BCUT2D eigenvalue weighted by molar-refractivity contribution is 0.423. The van der Waals surface area contributed by atoms with Gasteiger partial charge in [0.2, 0.25) is 5.89 Å². The number of aromatic nitrogens is 2. The monoisotopic (exact) mass is 278 g/mol. The molecule has 1 heterocycles. The van der Waals surface area contributed by atoms with Crippen LogP contribution in [-0.4, -0.2) is 23.3 Å². The van der Waals surface area contributed by atoms with Gasteiger partial charge in [-0.1, -0.05) is 24.2 Å². The first kappa shape index (κ1) is 14.5. The van der Waals surface area contributed by atoms with E-state index in [1.54, 1.807) is 23.1 Å². The molecule has 1 aromatic carbocycles. The molecule has 0 aliphatic carbocycles. The third-order valence-electron chi connectivity index (χ3n) is 3.00. The second-order valence-corrected chi connectivity index (χ2v) is 4.40. The Kier molecular flexibility index (Phi) is 4.68. The maximum Gasteiger partial charge on any atom is 0.322 e. The molecule has 1 aromatic heterocycles. The maximum atomic E-state index is 13.9. The molecule has 6 heteroatoms. The lowest BCUT2D eigenvalue weighted by atomic mass is 10.3. The Labute approximate surface area is 117 Å². The van der Waals surface area contributed by atoms with E-state index in [2.05, 4.69) is 15.5 Å². The highest BCUT2D eigenvalue weighted by atomic mass is 19.1. The molecule has 20 heavy (non-hydrogen) atoms. The van der Waals surface area contributed by atoms with Crippen LogP contribution in [0.4, 0.5) is 16.1 Å². The zero-order valence-electron chi connectivity index (χ0n) is 11.9. The number of hydrogen-bond donors (Lipinski definition) is 1. The number of nitrogens with zero attached hydrogens (tertiary/aromatic N) is 3. The molecule has 0 bridgehead atoms. The van der Waals surface area contributed by atoms with Crippen molar-refractivity contribution in [3.63, 3.8) is 0 Å². The SMILES string of the molecule is CCNC(C)c1nnc(N(CC)c2ccccc2F)o1. The van der Waals surface area contributed by atoms with E-state index in [4.69, 9.17) is 4.42 Å². The third kappa shape index (κ3) is 2.96. The highest BCUT2D eigenvalue weighted by molar-refractivity contribution is 5.56. The van der Waals surface area contributed by atoms with Crippen LogP contribution in [0.2, 0.25) is 0 Å². The summed E-state index contributed by atoms with van der Waals surface area (Å²) in [5.74, 6) is 0.186. The van der Waals surface area contributed by atoms with E-state index in [-0.39, 0.29) is 11.9 Å². The fourth-order valence-electron chi connectivity index (χ4n) is 1.98. The van der Waals surface area contributed by atoms with E-state index in [0.29, 0.717) is 24.1 Å². The Morgan fingerprint density at radius 2 is 2.05 bits per heavy atom. The fourth-order valence-corrected chi connectivity index (χ4v) is 1.98. The average Bonchev–Trinajstić information content (AvgIpc) is 2.92. The summed E-state index contributed by atoms with van der Waals surface area (Å²) in [4.78, 5) is 1.66. The van der Waals surface area contributed by atoms with Gasteiger partial charge in [0.15, 0.2) is 0 Å². The second kappa shape index (κ2) is 6.47. The summed E-state index contributed by atoms with van der Waals surface area (Å²) in [5.41, 5.74) is 0.432. The quantitative estimate of drug-likeness (QED) is 0.880. The number of para-hydroxylation sites is 1.